The third-order valence-corrected chi connectivity index (χ3v) is 7.50. The topological polar surface area (TPSA) is 96.0 Å². The maximum atomic E-state index is 14.6. The molecule has 1 N–H and O–H groups in total. The van der Waals surface area contributed by atoms with Crippen molar-refractivity contribution in [2.45, 2.75) is 31.8 Å². The Labute approximate surface area is 229 Å². The zero-order valence-corrected chi connectivity index (χ0v) is 23.2. The second kappa shape index (κ2) is 13.7. The highest BCUT2D eigenvalue weighted by molar-refractivity contribution is 7.92. The number of halogens is 1. The number of sulfonamides is 1. The fourth-order valence-corrected chi connectivity index (χ4v) is 5.32. The van der Waals surface area contributed by atoms with Gasteiger partial charge >= 0.3 is 0 Å². The van der Waals surface area contributed by atoms with Gasteiger partial charge in [0.05, 0.1) is 19.1 Å². The number of carbonyl (C=O) groups excluding carboxylic acids is 2. The van der Waals surface area contributed by atoms with Crippen molar-refractivity contribution >= 4 is 27.5 Å². The summed E-state index contributed by atoms with van der Waals surface area (Å²) in [6.07, 6.45) is 1.44. The zero-order chi connectivity index (χ0) is 28.4. The van der Waals surface area contributed by atoms with Crippen LogP contribution in [0.3, 0.4) is 0 Å². The Morgan fingerprint density at radius 2 is 1.62 bits per heavy atom. The van der Waals surface area contributed by atoms with E-state index in [2.05, 4.69) is 5.32 Å². The van der Waals surface area contributed by atoms with E-state index >= 15 is 0 Å². The SMILES string of the molecule is CNC(=O)C(Cc1ccccc1)N(Cc1ccccc1F)C(=O)CCCN(c1ccccc1OC)S(C)(=O)=O. The number of hydrogen-bond acceptors (Lipinski definition) is 5. The van der Waals surface area contributed by atoms with E-state index in [0.29, 0.717) is 11.4 Å². The number of amides is 2. The second-order valence-electron chi connectivity index (χ2n) is 9.04. The minimum Gasteiger partial charge on any atom is -0.495 e. The molecule has 0 aliphatic rings. The standard InChI is InChI=1S/C29H34FN3O5S/c1-31-29(35)26(20-22-12-5-4-6-13-22)32(21-23-14-7-8-15-24(23)30)28(34)18-11-19-33(39(3,36)37)25-16-9-10-17-27(25)38-2/h4-10,12-17,26H,11,18-21H2,1-3H3,(H,31,35). The number of anilines is 1. The average molecular weight is 556 g/mol. The summed E-state index contributed by atoms with van der Waals surface area (Å²) in [6, 6.07) is 21.2. The van der Waals surface area contributed by atoms with Gasteiger partial charge in [0.1, 0.15) is 17.6 Å². The minimum absolute atomic E-state index is 0.0157. The number of carbonyl (C=O) groups is 2. The molecule has 0 bridgehead atoms. The van der Waals surface area contributed by atoms with Crippen molar-refractivity contribution < 1.29 is 27.1 Å². The van der Waals surface area contributed by atoms with Gasteiger partial charge in [0.15, 0.2) is 0 Å². The van der Waals surface area contributed by atoms with Crippen molar-refractivity contribution in [3.8, 4) is 5.75 Å². The fourth-order valence-electron chi connectivity index (χ4n) is 4.35. The number of nitrogens with zero attached hydrogens (tertiary/aromatic N) is 2. The van der Waals surface area contributed by atoms with Gasteiger partial charge in [-0.3, -0.25) is 13.9 Å². The predicted octanol–water partition coefficient (Wildman–Crippen LogP) is 3.77. The van der Waals surface area contributed by atoms with Crippen LogP contribution in [0.2, 0.25) is 0 Å². The minimum atomic E-state index is -3.68. The summed E-state index contributed by atoms with van der Waals surface area (Å²) < 4.78 is 46.4. The van der Waals surface area contributed by atoms with Gasteiger partial charge in [-0.05, 0) is 30.2 Å². The molecule has 39 heavy (non-hydrogen) atoms. The summed E-state index contributed by atoms with van der Waals surface area (Å²) in [7, 11) is -0.740. The monoisotopic (exact) mass is 555 g/mol. The first-order chi connectivity index (χ1) is 18.7. The first-order valence-corrected chi connectivity index (χ1v) is 14.4. The summed E-state index contributed by atoms with van der Waals surface area (Å²) in [4.78, 5) is 28.0. The molecular weight excluding hydrogens is 521 g/mol. The Balaban J connectivity index is 1.87. The van der Waals surface area contributed by atoms with E-state index in [9.17, 15) is 22.4 Å². The lowest BCUT2D eigenvalue weighted by Crippen LogP contribution is -2.50. The molecule has 0 heterocycles. The van der Waals surface area contributed by atoms with Crippen LogP contribution in [0.1, 0.15) is 24.0 Å². The van der Waals surface area contributed by atoms with Gasteiger partial charge in [-0.25, -0.2) is 12.8 Å². The van der Waals surface area contributed by atoms with Gasteiger partial charge < -0.3 is 15.0 Å². The van der Waals surface area contributed by atoms with Crippen LogP contribution in [0.15, 0.2) is 78.9 Å². The first-order valence-electron chi connectivity index (χ1n) is 12.5. The molecule has 0 aromatic heterocycles. The summed E-state index contributed by atoms with van der Waals surface area (Å²) >= 11 is 0. The molecule has 0 spiro atoms. The normalized spacial score (nSPS) is 11.9. The van der Waals surface area contributed by atoms with Gasteiger partial charge in [-0.1, -0.05) is 60.7 Å². The first kappa shape index (κ1) is 29.6. The van der Waals surface area contributed by atoms with Crippen molar-refractivity contribution in [2.24, 2.45) is 0 Å². The Kier molecular flexibility index (Phi) is 10.4. The van der Waals surface area contributed by atoms with Crippen molar-refractivity contribution in [3.05, 3.63) is 95.8 Å². The third-order valence-electron chi connectivity index (χ3n) is 6.32. The van der Waals surface area contributed by atoms with Gasteiger partial charge in [0.2, 0.25) is 21.8 Å². The fraction of sp³-hybridized carbons (Fsp3) is 0.310. The molecule has 8 nitrogen and oxygen atoms in total. The summed E-state index contributed by atoms with van der Waals surface area (Å²) in [6.45, 7) is -0.0967. The number of nitrogens with one attached hydrogen (secondary N) is 1. The summed E-state index contributed by atoms with van der Waals surface area (Å²) in [5, 5.41) is 2.62. The van der Waals surface area contributed by atoms with Crippen LogP contribution in [0.4, 0.5) is 10.1 Å². The third kappa shape index (κ3) is 8.03. The van der Waals surface area contributed by atoms with Gasteiger partial charge in [0.25, 0.3) is 0 Å². The van der Waals surface area contributed by atoms with E-state index in [0.717, 1.165) is 11.8 Å². The Hall–Kier alpha value is -3.92. The average Bonchev–Trinajstić information content (AvgIpc) is 2.93. The Morgan fingerprint density at radius 1 is 0.974 bits per heavy atom. The smallest absolute Gasteiger partial charge is 0.242 e. The molecule has 0 saturated carbocycles. The van der Waals surface area contributed by atoms with E-state index < -0.39 is 27.8 Å². The number of hydrogen-bond donors (Lipinski definition) is 1. The molecule has 10 heteroatoms. The molecule has 2 amide bonds. The number of ether oxygens (including phenoxy) is 1. The highest BCUT2D eigenvalue weighted by atomic mass is 32.2. The van der Waals surface area contributed by atoms with Crippen LogP contribution in [0.5, 0.6) is 5.75 Å². The molecule has 0 saturated heterocycles. The van der Waals surface area contributed by atoms with Crippen molar-refractivity contribution in [3.63, 3.8) is 0 Å². The van der Waals surface area contributed by atoms with Crippen molar-refractivity contribution in [1.29, 1.82) is 0 Å². The lowest BCUT2D eigenvalue weighted by atomic mass is 10.0. The molecule has 3 aromatic carbocycles. The van der Waals surface area contributed by atoms with Gasteiger partial charge in [-0.2, -0.15) is 0 Å². The van der Waals surface area contributed by atoms with Crippen molar-refractivity contribution in [1.82, 2.24) is 10.2 Å². The number of benzene rings is 3. The maximum absolute atomic E-state index is 14.6. The van der Waals surface area contributed by atoms with Crippen LogP contribution in [0, 0.1) is 5.82 Å². The molecular formula is C29H34FN3O5S. The quantitative estimate of drug-likeness (QED) is 0.347. The molecule has 0 fully saturated rings. The Bertz CT molecular complexity index is 1370. The second-order valence-corrected chi connectivity index (χ2v) is 11.0. The molecule has 3 rings (SSSR count). The largest absolute Gasteiger partial charge is 0.495 e. The van der Waals surface area contributed by atoms with Crippen LogP contribution >= 0.6 is 0 Å². The lowest BCUT2D eigenvalue weighted by Gasteiger charge is -2.31. The van der Waals surface area contributed by atoms with E-state index in [1.807, 2.05) is 30.3 Å². The molecule has 0 aliphatic heterocycles. The number of para-hydroxylation sites is 2. The van der Waals surface area contributed by atoms with Gasteiger partial charge in [0, 0.05) is 38.5 Å². The highest BCUT2D eigenvalue weighted by Crippen LogP contribution is 2.30. The van der Waals surface area contributed by atoms with Crippen LogP contribution in [-0.4, -0.2) is 58.1 Å². The number of methoxy groups -OCH3 is 1. The summed E-state index contributed by atoms with van der Waals surface area (Å²) in [5.74, 6) is -0.866. The summed E-state index contributed by atoms with van der Waals surface area (Å²) in [5.41, 5.74) is 1.49. The van der Waals surface area contributed by atoms with E-state index in [-0.39, 0.29) is 43.8 Å². The molecule has 1 atom stereocenters. The molecule has 3 aromatic rings. The maximum Gasteiger partial charge on any atom is 0.242 e. The zero-order valence-electron chi connectivity index (χ0n) is 22.3. The predicted molar refractivity (Wildman–Crippen MR) is 149 cm³/mol. The van der Waals surface area contributed by atoms with Crippen LogP contribution < -0.4 is 14.4 Å². The molecule has 0 aliphatic carbocycles. The molecule has 0 radical (unpaired) electrons. The van der Waals surface area contributed by atoms with Crippen LogP contribution in [0.25, 0.3) is 0 Å². The van der Waals surface area contributed by atoms with Crippen molar-refractivity contribution in [2.75, 3.05) is 31.3 Å². The molecule has 208 valence electrons. The van der Waals surface area contributed by atoms with E-state index in [1.54, 1.807) is 42.5 Å². The lowest BCUT2D eigenvalue weighted by molar-refractivity contribution is -0.141. The molecule has 1 unspecified atom stereocenters. The van der Waals surface area contributed by atoms with E-state index in [1.165, 1.54) is 29.4 Å². The highest BCUT2D eigenvalue weighted by Gasteiger charge is 2.30. The van der Waals surface area contributed by atoms with E-state index in [4.69, 9.17) is 4.74 Å². The van der Waals surface area contributed by atoms with Crippen LogP contribution in [-0.2, 0) is 32.6 Å². The Morgan fingerprint density at radius 3 is 2.26 bits per heavy atom. The number of likely N-dealkylation sites (N-methyl/N-ethyl adjacent to an activating group) is 1. The number of rotatable bonds is 13. The van der Waals surface area contributed by atoms with Gasteiger partial charge in [-0.15, -0.1) is 0 Å².